The van der Waals surface area contributed by atoms with Crippen LogP contribution in [0.5, 0.6) is 5.75 Å². The summed E-state index contributed by atoms with van der Waals surface area (Å²) in [4.78, 5) is 21.7. The second-order valence-electron chi connectivity index (χ2n) is 4.80. The number of phenolic OH excluding ortho intramolecular Hbond substituents is 1. The Balaban J connectivity index is 2.01. The lowest BCUT2D eigenvalue weighted by molar-refractivity contribution is -0.0773. The molecule has 3 rings (SSSR count). The fraction of sp³-hybridized carbons (Fsp3) is 0.286. The topological polar surface area (TPSA) is 62.7 Å². The highest BCUT2D eigenvalue weighted by Gasteiger charge is 2.28. The van der Waals surface area contributed by atoms with Crippen LogP contribution < -0.4 is 0 Å². The first-order chi connectivity index (χ1) is 9.16. The van der Waals surface area contributed by atoms with E-state index < -0.39 is 0 Å². The van der Waals surface area contributed by atoms with Gasteiger partial charge in [0, 0.05) is 17.5 Å². The number of hydrogen-bond acceptors (Lipinski definition) is 4. The number of aromatic hydroxyl groups is 1. The summed E-state index contributed by atoms with van der Waals surface area (Å²) in [6.45, 7) is 3.08. The summed E-state index contributed by atoms with van der Waals surface area (Å²) < 4.78 is 0. The number of amides is 1. The first kappa shape index (κ1) is 11.9. The summed E-state index contributed by atoms with van der Waals surface area (Å²) in [5, 5.41) is 12.3. The number of carbonyl (C=O) groups excluding carboxylic acids is 1. The Morgan fingerprint density at radius 1 is 1.47 bits per heavy atom. The smallest absolute Gasteiger partial charge is 0.281 e. The average molecular weight is 258 g/mol. The van der Waals surface area contributed by atoms with E-state index in [2.05, 4.69) is 4.98 Å². The first-order valence-electron chi connectivity index (χ1n) is 6.18. The van der Waals surface area contributed by atoms with Gasteiger partial charge in [-0.1, -0.05) is 19.1 Å². The number of hydroxylamine groups is 2. The molecule has 0 aliphatic carbocycles. The lowest BCUT2D eigenvalue weighted by Gasteiger charge is -2.15. The van der Waals surface area contributed by atoms with Crippen molar-refractivity contribution < 1.29 is 14.7 Å². The van der Waals surface area contributed by atoms with Crippen molar-refractivity contribution in [3.05, 3.63) is 36.0 Å². The van der Waals surface area contributed by atoms with Gasteiger partial charge in [0.15, 0.2) is 5.75 Å². The number of phenols is 1. The largest absolute Gasteiger partial charge is 0.505 e. The molecule has 2 aromatic rings. The number of hydrogen-bond donors (Lipinski definition) is 1. The number of benzene rings is 1. The van der Waals surface area contributed by atoms with Gasteiger partial charge < -0.3 is 5.11 Å². The van der Waals surface area contributed by atoms with Crippen molar-refractivity contribution in [1.82, 2.24) is 10.0 Å². The quantitative estimate of drug-likeness (QED) is 0.849. The first-order valence-corrected chi connectivity index (χ1v) is 6.18. The van der Waals surface area contributed by atoms with Crippen molar-refractivity contribution in [1.29, 1.82) is 0 Å². The Kier molecular flexibility index (Phi) is 2.83. The summed E-state index contributed by atoms with van der Waals surface area (Å²) in [5.41, 5.74) is 0.654. The average Bonchev–Trinajstić information content (AvgIpc) is 2.85. The minimum atomic E-state index is -0.325. The maximum absolute atomic E-state index is 12.3. The predicted octanol–water partition coefficient (Wildman–Crippen LogP) is 1.96. The van der Waals surface area contributed by atoms with E-state index in [1.165, 1.54) is 5.06 Å². The number of fused-ring (bicyclic) bond motifs is 1. The molecule has 1 fully saturated rings. The summed E-state index contributed by atoms with van der Waals surface area (Å²) in [7, 11) is 0. The molecule has 1 amide bonds. The van der Waals surface area contributed by atoms with Crippen LogP contribution in [0.1, 0.15) is 17.3 Å². The van der Waals surface area contributed by atoms with Gasteiger partial charge in [-0.2, -0.15) is 0 Å². The molecule has 1 unspecified atom stereocenters. The molecule has 0 bridgehead atoms. The SMILES string of the molecule is CC1CON(C(=O)c2ccc3cccnc3c2O)C1. The molecule has 0 saturated carbocycles. The zero-order chi connectivity index (χ0) is 13.4. The summed E-state index contributed by atoms with van der Waals surface area (Å²) in [6, 6.07) is 7.00. The minimum absolute atomic E-state index is 0.0914. The second-order valence-corrected chi connectivity index (χ2v) is 4.80. The molecule has 1 saturated heterocycles. The van der Waals surface area contributed by atoms with E-state index in [0.29, 0.717) is 24.6 Å². The van der Waals surface area contributed by atoms with Crippen LogP contribution >= 0.6 is 0 Å². The minimum Gasteiger partial charge on any atom is -0.505 e. The maximum atomic E-state index is 12.3. The van der Waals surface area contributed by atoms with Crippen LogP contribution in [0, 0.1) is 5.92 Å². The number of carbonyl (C=O) groups is 1. The van der Waals surface area contributed by atoms with Crippen molar-refractivity contribution in [3.8, 4) is 5.75 Å². The van der Waals surface area contributed by atoms with Gasteiger partial charge >= 0.3 is 0 Å². The molecule has 1 aromatic heterocycles. The summed E-state index contributed by atoms with van der Waals surface area (Å²) in [6.07, 6.45) is 1.59. The fourth-order valence-corrected chi connectivity index (χ4v) is 2.18. The van der Waals surface area contributed by atoms with E-state index in [-0.39, 0.29) is 17.2 Å². The van der Waals surface area contributed by atoms with Crippen LogP contribution in [-0.2, 0) is 4.84 Å². The highest BCUT2D eigenvalue weighted by Crippen LogP contribution is 2.28. The van der Waals surface area contributed by atoms with Crippen LogP contribution in [0.2, 0.25) is 0 Å². The Bertz CT molecular complexity index is 642. The van der Waals surface area contributed by atoms with Crippen LogP contribution in [-0.4, -0.2) is 34.2 Å². The van der Waals surface area contributed by atoms with Gasteiger partial charge in [0.05, 0.1) is 18.7 Å². The molecule has 0 spiro atoms. The molecule has 0 radical (unpaired) electrons. The monoisotopic (exact) mass is 258 g/mol. The van der Waals surface area contributed by atoms with Crippen LogP contribution in [0.4, 0.5) is 0 Å². The van der Waals surface area contributed by atoms with Crippen molar-refractivity contribution in [2.24, 2.45) is 5.92 Å². The Labute approximate surface area is 110 Å². The van der Waals surface area contributed by atoms with E-state index in [4.69, 9.17) is 4.84 Å². The van der Waals surface area contributed by atoms with Crippen molar-refractivity contribution in [3.63, 3.8) is 0 Å². The number of rotatable bonds is 1. The molecule has 5 nitrogen and oxygen atoms in total. The highest BCUT2D eigenvalue weighted by molar-refractivity contribution is 6.02. The van der Waals surface area contributed by atoms with Gasteiger partial charge in [0.25, 0.3) is 5.91 Å². The summed E-state index contributed by atoms with van der Waals surface area (Å²) >= 11 is 0. The molecular weight excluding hydrogens is 244 g/mol. The molecule has 2 heterocycles. The van der Waals surface area contributed by atoms with Gasteiger partial charge in [0.2, 0.25) is 0 Å². The van der Waals surface area contributed by atoms with E-state index in [1.807, 2.05) is 13.0 Å². The molecular formula is C14H14N2O3. The van der Waals surface area contributed by atoms with E-state index >= 15 is 0 Å². The Morgan fingerprint density at radius 3 is 3.05 bits per heavy atom. The van der Waals surface area contributed by atoms with E-state index in [9.17, 15) is 9.90 Å². The van der Waals surface area contributed by atoms with Crippen LogP contribution in [0.15, 0.2) is 30.5 Å². The maximum Gasteiger partial charge on any atom is 0.281 e. The molecule has 1 atom stereocenters. The highest BCUT2D eigenvalue weighted by atomic mass is 16.7. The number of nitrogens with zero attached hydrogens (tertiary/aromatic N) is 2. The number of aromatic nitrogens is 1. The molecule has 98 valence electrons. The lowest BCUT2D eigenvalue weighted by atomic mass is 10.1. The second kappa shape index (κ2) is 4.51. The standard InChI is InChI=1S/C14H14N2O3/c1-9-7-16(19-8-9)14(18)11-5-4-10-3-2-6-15-12(10)13(11)17/h2-6,9,17H,7-8H2,1H3. The van der Waals surface area contributed by atoms with E-state index in [1.54, 1.807) is 24.4 Å². The molecule has 1 N–H and O–H groups in total. The Hall–Kier alpha value is -2.14. The van der Waals surface area contributed by atoms with Gasteiger partial charge in [-0.3, -0.25) is 14.6 Å². The van der Waals surface area contributed by atoms with Crippen molar-refractivity contribution in [2.45, 2.75) is 6.92 Å². The van der Waals surface area contributed by atoms with Crippen molar-refractivity contribution >= 4 is 16.8 Å². The van der Waals surface area contributed by atoms with Gasteiger partial charge in [-0.25, -0.2) is 5.06 Å². The predicted molar refractivity (Wildman–Crippen MR) is 69.6 cm³/mol. The zero-order valence-electron chi connectivity index (χ0n) is 10.5. The van der Waals surface area contributed by atoms with Gasteiger partial charge in [0.1, 0.15) is 5.52 Å². The third-order valence-electron chi connectivity index (χ3n) is 3.20. The fourth-order valence-electron chi connectivity index (χ4n) is 2.18. The van der Waals surface area contributed by atoms with Gasteiger partial charge in [-0.05, 0) is 12.1 Å². The van der Waals surface area contributed by atoms with Gasteiger partial charge in [-0.15, -0.1) is 0 Å². The molecule has 19 heavy (non-hydrogen) atoms. The van der Waals surface area contributed by atoms with Crippen molar-refractivity contribution in [2.75, 3.05) is 13.2 Å². The molecule has 1 aliphatic heterocycles. The molecule has 1 aliphatic rings. The third kappa shape index (κ3) is 2.02. The zero-order valence-corrected chi connectivity index (χ0v) is 10.5. The summed E-state index contributed by atoms with van der Waals surface area (Å²) in [5.74, 6) is -0.106. The third-order valence-corrected chi connectivity index (χ3v) is 3.20. The molecule has 5 heteroatoms. The van der Waals surface area contributed by atoms with Crippen LogP contribution in [0.3, 0.4) is 0 Å². The normalized spacial score (nSPS) is 19.0. The van der Waals surface area contributed by atoms with Crippen LogP contribution in [0.25, 0.3) is 10.9 Å². The lowest BCUT2D eigenvalue weighted by Crippen LogP contribution is -2.27. The number of pyridine rings is 1. The van der Waals surface area contributed by atoms with E-state index in [0.717, 1.165) is 5.39 Å². The molecule has 1 aromatic carbocycles. The Morgan fingerprint density at radius 2 is 2.32 bits per heavy atom.